The Balaban J connectivity index is 2.05. The number of nitrogens with one attached hydrogen (secondary N) is 2. The smallest absolute Gasteiger partial charge is 0.307 e. The quantitative estimate of drug-likeness (QED) is 0.668. The average molecular weight is 303 g/mol. The van der Waals surface area contributed by atoms with E-state index in [9.17, 15) is 4.79 Å². The second kappa shape index (κ2) is 4.16. The molecule has 3 aromatic heterocycles. The molecule has 0 spiro atoms. The van der Waals surface area contributed by atoms with Crippen LogP contribution in [0.15, 0.2) is 30.6 Å². The van der Waals surface area contributed by atoms with E-state index in [1.165, 1.54) is 11.3 Å². The average Bonchev–Trinajstić information content (AvgIpc) is 2.79. The van der Waals surface area contributed by atoms with Gasteiger partial charge in [-0.15, -0.1) is 11.3 Å². The van der Waals surface area contributed by atoms with Gasteiger partial charge in [0.2, 0.25) is 0 Å². The summed E-state index contributed by atoms with van der Waals surface area (Å²) in [5.74, 6) is 0. The summed E-state index contributed by atoms with van der Waals surface area (Å²) in [4.78, 5) is 21.9. The summed E-state index contributed by atoms with van der Waals surface area (Å²) >= 11 is 7.46. The van der Waals surface area contributed by atoms with Crippen molar-refractivity contribution in [3.05, 3.63) is 35.7 Å². The van der Waals surface area contributed by atoms with E-state index in [2.05, 4.69) is 20.6 Å². The number of anilines is 2. The minimum atomic E-state index is -0.246. The standard InChI is InChI=1S/C13H7ClN4OS/c14-8-5-6(1-3-15-8)11-10-9-7(17-13(19)18-10)2-4-16-12(9)20-11/h1-5H,(H2,17,18,19). The zero-order chi connectivity index (χ0) is 13.7. The number of nitrogens with zero attached hydrogens (tertiary/aromatic N) is 2. The van der Waals surface area contributed by atoms with Gasteiger partial charge in [0.15, 0.2) is 0 Å². The molecule has 0 saturated heterocycles. The SMILES string of the molecule is O=C1Nc2ccnc3sc(-c4ccnc(Cl)c4)c(c23)N1. The first-order valence-electron chi connectivity index (χ1n) is 5.84. The molecule has 4 heterocycles. The third-order valence-corrected chi connectivity index (χ3v) is 4.42. The third-order valence-electron chi connectivity index (χ3n) is 3.07. The topological polar surface area (TPSA) is 66.9 Å². The van der Waals surface area contributed by atoms with E-state index in [-0.39, 0.29) is 6.03 Å². The van der Waals surface area contributed by atoms with Crippen LogP contribution in [0, 0.1) is 0 Å². The van der Waals surface area contributed by atoms with Crippen molar-refractivity contribution >= 4 is 50.6 Å². The van der Waals surface area contributed by atoms with Crippen molar-refractivity contribution in [3.8, 4) is 10.4 Å². The first-order chi connectivity index (χ1) is 9.72. The minimum Gasteiger partial charge on any atom is -0.307 e. The Kier molecular flexibility index (Phi) is 2.42. The van der Waals surface area contributed by atoms with E-state index < -0.39 is 0 Å². The van der Waals surface area contributed by atoms with Gasteiger partial charge in [-0.05, 0) is 23.8 Å². The molecule has 4 rings (SSSR count). The van der Waals surface area contributed by atoms with Crippen LogP contribution in [0.1, 0.15) is 0 Å². The lowest BCUT2D eigenvalue weighted by atomic mass is 10.1. The molecule has 98 valence electrons. The molecular weight excluding hydrogens is 296 g/mol. The summed E-state index contributed by atoms with van der Waals surface area (Å²) in [5, 5.41) is 6.97. The lowest BCUT2D eigenvalue weighted by molar-refractivity contribution is 0.262. The van der Waals surface area contributed by atoms with Gasteiger partial charge in [0.25, 0.3) is 0 Å². The Morgan fingerprint density at radius 1 is 1.15 bits per heavy atom. The summed E-state index contributed by atoms with van der Waals surface area (Å²) in [6, 6.07) is 5.18. The number of halogens is 1. The molecule has 0 fully saturated rings. The number of aromatic nitrogens is 2. The highest BCUT2D eigenvalue weighted by molar-refractivity contribution is 7.22. The molecule has 0 bridgehead atoms. The predicted octanol–water partition coefficient (Wildman–Crippen LogP) is 3.97. The second-order valence-electron chi connectivity index (χ2n) is 4.29. The van der Waals surface area contributed by atoms with Crippen molar-refractivity contribution in [1.29, 1.82) is 0 Å². The number of pyridine rings is 2. The second-order valence-corrected chi connectivity index (χ2v) is 5.68. The molecule has 7 heteroatoms. The Morgan fingerprint density at radius 3 is 2.85 bits per heavy atom. The maximum atomic E-state index is 11.7. The van der Waals surface area contributed by atoms with Crippen LogP contribution in [0.3, 0.4) is 0 Å². The molecule has 1 aliphatic rings. The number of rotatable bonds is 1. The van der Waals surface area contributed by atoms with Crippen LogP contribution in [-0.4, -0.2) is 16.0 Å². The predicted molar refractivity (Wildman–Crippen MR) is 80.5 cm³/mol. The molecule has 0 aliphatic carbocycles. The summed E-state index contributed by atoms with van der Waals surface area (Å²) < 4.78 is 0. The van der Waals surface area contributed by atoms with E-state index in [0.29, 0.717) is 5.15 Å². The molecule has 3 aromatic rings. The molecule has 0 unspecified atom stereocenters. The molecule has 0 radical (unpaired) electrons. The van der Waals surface area contributed by atoms with Crippen LogP contribution in [-0.2, 0) is 0 Å². The molecular formula is C13H7ClN4OS. The van der Waals surface area contributed by atoms with Gasteiger partial charge in [-0.2, -0.15) is 0 Å². The van der Waals surface area contributed by atoms with Gasteiger partial charge in [0.1, 0.15) is 9.98 Å². The van der Waals surface area contributed by atoms with Crippen LogP contribution >= 0.6 is 22.9 Å². The van der Waals surface area contributed by atoms with Crippen LogP contribution in [0.2, 0.25) is 5.15 Å². The number of hydrogen-bond donors (Lipinski definition) is 2. The first-order valence-corrected chi connectivity index (χ1v) is 7.03. The van der Waals surface area contributed by atoms with E-state index >= 15 is 0 Å². The van der Waals surface area contributed by atoms with Gasteiger partial charge in [-0.3, -0.25) is 0 Å². The summed E-state index contributed by atoms with van der Waals surface area (Å²) in [6.07, 6.45) is 3.33. The maximum Gasteiger partial charge on any atom is 0.323 e. The lowest BCUT2D eigenvalue weighted by Crippen LogP contribution is -2.23. The van der Waals surface area contributed by atoms with Crippen LogP contribution in [0.25, 0.3) is 20.7 Å². The number of carbonyl (C=O) groups is 1. The van der Waals surface area contributed by atoms with Crippen molar-refractivity contribution in [2.45, 2.75) is 0 Å². The third kappa shape index (κ3) is 1.65. The molecule has 1 aliphatic heterocycles. The lowest BCUT2D eigenvalue weighted by Gasteiger charge is -2.16. The highest BCUT2D eigenvalue weighted by Gasteiger charge is 2.24. The molecule has 2 N–H and O–H groups in total. The highest BCUT2D eigenvalue weighted by Crippen LogP contribution is 2.46. The van der Waals surface area contributed by atoms with E-state index in [0.717, 1.165) is 32.0 Å². The first kappa shape index (κ1) is 11.6. The molecule has 5 nitrogen and oxygen atoms in total. The number of amides is 2. The van der Waals surface area contributed by atoms with Gasteiger partial charge in [-0.1, -0.05) is 11.6 Å². The van der Waals surface area contributed by atoms with Crippen molar-refractivity contribution < 1.29 is 4.79 Å². The van der Waals surface area contributed by atoms with Crippen molar-refractivity contribution in [1.82, 2.24) is 9.97 Å². The monoisotopic (exact) mass is 302 g/mol. The van der Waals surface area contributed by atoms with Crippen LogP contribution in [0.5, 0.6) is 0 Å². The van der Waals surface area contributed by atoms with Crippen LogP contribution < -0.4 is 10.6 Å². The summed E-state index contributed by atoms with van der Waals surface area (Å²) in [7, 11) is 0. The Morgan fingerprint density at radius 2 is 2.00 bits per heavy atom. The number of thiophene rings is 1. The number of carbonyl (C=O) groups excluding carboxylic acids is 1. The highest BCUT2D eigenvalue weighted by atomic mass is 35.5. The molecule has 20 heavy (non-hydrogen) atoms. The van der Waals surface area contributed by atoms with Crippen molar-refractivity contribution in [2.24, 2.45) is 0 Å². The fourth-order valence-electron chi connectivity index (χ4n) is 2.26. The normalized spacial score (nSPS) is 13.2. The van der Waals surface area contributed by atoms with Gasteiger partial charge in [0.05, 0.1) is 21.6 Å². The van der Waals surface area contributed by atoms with E-state index in [4.69, 9.17) is 11.6 Å². The van der Waals surface area contributed by atoms with E-state index in [1.54, 1.807) is 24.5 Å². The zero-order valence-electron chi connectivity index (χ0n) is 9.98. The van der Waals surface area contributed by atoms with Gasteiger partial charge < -0.3 is 10.6 Å². The van der Waals surface area contributed by atoms with Crippen molar-refractivity contribution in [2.75, 3.05) is 10.6 Å². The fourth-order valence-corrected chi connectivity index (χ4v) is 3.56. The zero-order valence-corrected chi connectivity index (χ0v) is 11.5. The molecule has 2 amide bonds. The van der Waals surface area contributed by atoms with Crippen molar-refractivity contribution in [3.63, 3.8) is 0 Å². The molecule has 0 saturated carbocycles. The molecule has 0 aromatic carbocycles. The largest absolute Gasteiger partial charge is 0.323 e. The summed E-state index contributed by atoms with van der Waals surface area (Å²) in [6.45, 7) is 0. The Hall–Kier alpha value is -2.18. The van der Waals surface area contributed by atoms with E-state index in [1.807, 2.05) is 6.07 Å². The van der Waals surface area contributed by atoms with Gasteiger partial charge >= 0.3 is 6.03 Å². The van der Waals surface area contributed by atoms with Gasteiger partial charge in [-0.25, -0.2) is 14.8 Å². The minimum absolute atomic E-state index is 0.246. The van der Waals surface area contributed by atoms with Crippen LogP contribution in [0.4, 0.5) is 16.2 Å². The Labute approximate surface area is 122 Å². The Bertz CT molecular complexity index is 861. The molecule has 0 atom stereocenters. The summed E-state index contributed by atoms with van der Waals surface area (Å²) in [5.41, 5.74) is 2.46. The number of urea groups is 1. The maximum absolute atomic E-state index is 11.7. The number of hydrogen-bond acceptors (Lipinski definition) is 4. The van der Waals surface area contributed by atoms with Gasteiger partial charge in [0, 0.05) is 12.4 Å². The fraction of sp³-hybridized carbons (Fsp3) is 0.